The summed E-state index contributed by atoms with van der Waals surface area (Å²) in [6, 6.07) is -6.12. The maximum absolute atomic E-state index is 14.2. The van der Waals surface area contributed by atoms with Gasteiger partial charge >= 0.3 is 0 Å². The number of rotatable bonds is 32. The second-order valence-corrected chi connectivity index (χ2v) is 24.7. The Bertz CT molecular complexity index is 2090. The molecule has 9 atom stereocenters. The fourth-order valence-corrected chi connectivity index (χ4v) is 8.55. The number of likely N-dealkylation sites (N-methyl/N-ethyl adjacent to an activating group) is 1. The van der Waals surface area contributed by atoms with Crippen molar-refractivity contribution in [1.29, 1.82) is 0 Å². The van der Waals surface area contributed by atoms with Crippen LogP contribution in [0.15, 0.2) is 12.2 Å². The first-order valence-electron chi connectivity index (χ1n) is 28.0. The van der Waals surface area contributed by atoms with E-state index >= 15 is 0 Å². The number of aliphatic hydroxyl groups excluding tert-OH is 1. The van der Waals surface area contributed by atoms with E-state index in [0.717, 1.165) is 6.42 Å². The van der Waals surface area contributed by atoms with Crippen LogP contribution in [0.5, 0.6) is 0 Å². The summed E-state index contributed by atoms with van der Waals surface area (Å²) in [4.78, 5) is 138. The number of amides is 10. The molecule has 11 N–H and O–H groups in total. The minimum Gasteiger partial charge on any atom is -0.390 e. The quantitative estimate of drug-likeness (QED) is 0.0430. The number of hydrogen-bond donors (Lipinski definition) is 11. The van der Waals surface area contributed by atoms with E-state index < -0.39 is 106 Å². The number of hydrogen-bond acceptors (Lipinski definition) is 12. The van der Waals surface area contributed by atoms with Crippen molar-refractivity contribution in [1.82, 2.24) is 58.1 Å². The van der Waals surface area contributed by atoms with Gasteiger partial charge < -0.3 is 63.2 Å². The Morgan fingerprint density at radius 3 is 1.62 bits per heavy atom. The second kappa shape index (κ2) is 31.8. The van der Waals surface area contributed by atoms with Gasteiger partial charge in [-0.2, -0.15) is 0 Å². The van der Waals surface area contributed by atoms with E-state index in [2.05, 4.69) is 53.2 Å². The lowest BCUT2D eigenvalue weighted by atomic mass is 9.95. The summed E-state index contributed by atoms with van der Waals surface area (Å²) >= 11 is 0. The molecule has 22 heteroatoms. The van der Waals surface area contributed by atoms with Gasteiger partial charge in [-0.15, -0.1) is 0 Å². The van der Waals surface area contributed by atoms with E-state index in [0.29, 0.717) is 19.5 Å². The first kappa shape index (κ1) is 70.4. The Hall–Kier alpha value is -5.64. The topological polar surface area (TPSA) is 314 Å². The van der Waals surface area contributed by atoms with Crippen LogP contribution in [0.2, 0.25) is 0 Å². The van der Waals surface area contributed by atoms with Crippen LogP contribution in [0.4, 0.5) is 0 Å². The molecule has 0 aliphatic carbocycles. The fourth-order valence-electron chi connectivity index (χ4n) is 8.55. The predicted octanol–water partition coefficient (Wildman–Crippen LogP) is 1.83. The third-order valence-electron chi connectivity index (χ3n) is 13.5. The van der Waals surface area contributed by atoms with Crippen LogP contribution in [-0.4, -0.2) is 155 Å². The van der Waals surface area contributed by atoms with Crippen molar-refractivity contribution >= 4 is 59.1 Å². The van der Waals surface area contributed by atoms with Crippen LogP contribution in [0.25, 0.3) is 0 Å². The number of likely N-dealkylation sites (tertiary alicyclic amines) is 1. The summed E-state index contributed by atoms with van der Waals surface area (Å²) in [5, 5.41) is 38.8. The standard InChI is InChI=1S/C56H101N11O11/c1-20-35(10)21-22-43(69)67-30-36(11)28-41(67)49(74)61-38(25-31(2)3)47(72)63-44(45(70)34(8)9)50(75)65-55(15,16)52(77)62-39(26-32(4)5)46(71)60-40(27-33(6)7)48(73)64-56(17,18)53(78)66-54(13,14)51(76)58-24-23-42(68)59-37(12)29-57-19/h21-22,31-41,44-45,57,70H,20,23-30H2,1-19H3,(H,58,76)(H,59,68)(H,60,71)(H,61,74)(H,62,77)(H,63,72)(H,64,73)(H,65,75)(H,66,78)/b22-21+/t35-,36+,37+,38-,39+,40-,41+,44+,45-/m1/s1. The normalized spacial score (nSPS) is 17.8. The molecule has 0 bridgehead atoms. The van der Waals surface area contributed by atoms with E-state index in [9.17, 15) is 53.1 Å². The average Bonchev–Trinajstić information content (AvgIpc) is 3.71. The minimum absolute atomic E-state index is 0.0163. The summed E-state index contributed by atoms with van der Waals surface area (Å²) < 4.78 is 0. The molecule has 1 aliphatic rings. The first-order chi connectivity index (χ1) is 35.9. The number of nitrogens with zero attached hydrogens (tertiary/aromatic N) is 1. The molecule has 0 spiro atoms. The average molecular weight is 1100 g/mol. The number of nitrogens with one attached hydrogen (secondary N) is 10. The number of aliphatic hydroxyl groups is 1. The van der Waals surface area contributed by atoms with Crippen LogP contribution >= 0.6 is 0 Å². The van der Waals surface area contributed by atoms with Crippen LogP contribution in [-0.2, 0) is 47.9 Å². The number of carbonyl (C=O) groups is 10. The van der Waals surface area contributed by atoms with E-state index in [-0.39, 0.29) is 79.7 Å². The highest BCUT2D eigenvalue weighted by molar-refractivity contribution is 6.00. The van der Waals surface area contributed by atoms with E-state index in [1.54, 1.807) is 20.9 Å². The lowest BCUT2D eigenvalue weighted by Gasteiger charge is -2.34. The van der Waals surface area contributed by atoms with Crippen LogP contribution < -0.4 is 53.2 Å². The van der Waals surface area contributed by atoms with Crippen molar-refractivity contribution in [3.63, 3.8) is 0 Å². The molecule has 1 aliphatic heterocycles. The van der Waals surface area contributed by atoms with Gasteiger partial charge in [-0.1, -0.05) is 88.7 Å². The molecular formula is C56H101N11O11. The van der Waals surface area contributed by atoms with Gasteiger partial charge in [0.15, 0.2) is 0 Å². The van der Waals surface area contributed by atoms with Gasteiger partial charge in [0, 0.05) is 32.1 Å². The van der Waals surface area contributed by atoms with Crippen LogP contribution in [0.3, 0.4) is 0 Å². The summed E-state index contributed by atoms with van der Waals surface area (Å²) in [6.45, 7) is 31.7. The molecule has 0 unspecified atom stereocenters. The molecule has 1 heterocycles. The lowest BCUT2D eigenvalue weighted by molar-refractivity contribution is -0.140. The van der Waals surface area contributed by atoms with Crippen molar-refractivity contribution in [3.8, 4) is 0 Å². The van der Waals surface area contributed by atoms with Crippen LogP contribution in [0.1, 0.15) is 163 Å². The summed E-state index contributed by atoms with van der Waals surface area (Å²) in [6.07, 6.45) is 3.48. The first-order valence-corrected chi connectivity index (χ1v) is 28.0. The Morgan fingerprint density at radius 1 is 0.615 bits per heavy atom. The molecule has 0 aromatic carbocycles. The van der Waals surface area contributed by atoms with Crippen molar-refractivity contribution in [2.75, 3.05) is 26.7 Å². The summed E-state index contributed by atoms with van der Waals surface area (Å²) in [5.41, 5.74) is -4.81. The molecule has 0 radical (unpaired) electrons. The molecule has 1 saturated heterocycles. The Kier molecular flexibility index (Phi) is 28.7. The molecule has 0 aromatic rings. The molecular weight excluding hydrogens is 1000 g/mol. The maximum Gasteiger partial charge on any atom is 0.246 e. The third-order valence-corrected chi connectivity index (χ3v) is 13.5. The van der Waals surface area contributed by atoms with Gasteiger partial charge in [0.05, 0.1) is 6.10 Å². The zero-order valence-electron chi connectivity index (χ0n) is 50.5. The highest BCUT2D eigenvalue weighted by Crippen LogP contribution is 2.25. The predicted molar refractivity (Wildman–Crippen MR) is 301 cm³/mol. The largest absolute Gasteiger partial charge is 0.390 e. The smallest absolute Gasteiger partial charge is 0.246 e. The molecule has 446 valence electrons. The highest BCUT2D eigenvalue weighted by atomic mass is 16.3. The van der Waals surface area contributed by atoms with Crippen molar-refractivity contribution in [2.45, 2.75) is 222 Å². The molecule has 78 heavy (non-hydrogen) atoms. The third kappa shape index (κ3) is 23.8. The van der Waals surface area contributed by atoms with Crippen molar-refractivity contribution in [3.05, 3.63) is 12.2 Å². The van der Waals surface area contributed by atoms with Crippen molar-refractivity contribution < 1.29 is 53.1 Å². The highest BCUT2D eigenvalue weighted by Gasteiger charge is 2.43. The monoisotopic (exact) mass is 1100 g/mol. The molecule has 22 nitrogen and oxygen atoms in total. The zero-order chi connectivity index (χ0) is 60.2. The van der Waals surface area contributed by atoms with Gasteiger partial charge in [-0.25, -0.2) is 0 Å². The molecule has 1 rings (SSSR count). The van der Waals surface area contributed by atoms with E-state index in [4.69, 9.17) is 0 Å². The minimum atomic E-state index is -1.76. The Morgan fingerprint density at radius 2 is 1.10 bits per heavy atom. The van der Waals surface area contributed by atoms with Gasteiger partial charge in [-0.05, 0) is 123 Å². The Labute approximate surface area is 465 Å². The molecule has 0 saturated carbocycles. The molecule has 10 amide bonds. The van der Waals surface area contributed by atoms with Gasteiger partial charge in [0.25, 0.3) is 0 Å². The zero-order valence-corrected chi connectivity index (χ0v) is 50.5. The summed E-state index contributed by atoms with van der Waals surface area (Å²) in [7, 11) is 1.77. The van der Waals surface area contributed by atoms with Crippen LogP contribution in [0, 0.1) is 35.5 Å². The van der Waals surface area contributed by atoms with Gasteiger partial charge in [0.1, 0.15) is 46.8 Å². The number of allylic oxidation sites excluding steroid dienone is 1. The van der Waals surface area contributed by atoms with Crippen molar-refractivity contribution in [2.24, 2.45) is 35.5 Å². The van der Waals surface area contributed by atoms with E-state index in [1.165, 1.54) is 52.5 Å². The number of carbonyl (C=O) groups excluding carboxylic acids is 10. The fraction of sp³-hybridized carbons (Fsp3) is 0.786. The summed E-state index contributed by atoms with van der Waals surface area (Å²) in [5.74, 6) is -7.01. The molecule has 0 aromatic heterocycles. The maximum atomic E-state index is 14.2. The SMILES string of the molecule is CC[C@@H](C)/C=C/C(=O)N1C[C@@H](C)C[C@H]1C(=O)N[C@H](CC(C)C)C(=O)N[C@H](C(=O)NC(C)(C)C(=O)N[C@@H](CC(C)C)C(=O)N[C@H](CC(C)C)C(=O)NC(C)(C)C(=O)NC(C)(C)C(=O)NCCC(=O)N[C@@H](C)CNC)[C@H](O)C(C)C. The Balaban J connectivity index is 3.29. The lowest BCUT2D eigenvalue weighted by Crippen LogP contribution is -2.66. The van der Waals surface area contributed by atoms with Gasteiger partial charge in [-0.3, -0.25) is 47.9 Å². The second-order valence-electron chi connectivity index (χ2n) is 24.7. The molecule has 1 fully saturated rings. The van der Waals surface area contributed by atoms with Gasteiger partial charge in [0.2, 0.25) is 59.1 Å². The van der Waals surface area contributed by atoms with E-state index in [1.807, 2.05) is 75.3 Å².